The summed E-state index contributed by atoms with van der Waals surface area (Å²) >= 11 is 1.56. The number of thiophene rings is 1. The predicted octanol–water partition coefficient (Wildman–Crippen LogP) is 4.55. The van der Waals surface area contributed by atoms with E-state index in [1.165, 1.54) is 12.0 Å². The first-order chi connectivity index (χ1) is 11.7. The summed E-state index contributed by atoms with van der Waals surface area (Å²) in [5.41, 5.74) is 2.47. The second kappa shape index (κ2) is 7.84. The van der Waals surface area contributed by atoms with Crippen LogP contribution in [-0.2, 0) is 6.42 Å². The molecule has 0 radical (unpaired) electrons. The molecule has 0 N–H and O–H groups in total. The van der Waals surface area contributed by atoms with Gasteiger partial charge in [0.05, 0.1) is 12.0 Å². The third-order valence-electron chi connectivity index (χ3n) is 4.96. The first-order valence-electron chi connectivity index (χ1n) is 8.63. The van der Waals surface area contributed by atoms with Gasteiger partial charge in [-0.3, -0.25) is 4.79 Å². The van der Waals surface area contributed by atoms with E-state index in [0.717, 1.165) is 54.5 Å². The van der Waals surface area contributed by atoms with E-state index in [-0.39, 0.29) is 5.91 Å². The molecule has 0 aliphatic carbocycles. The molecule has 0 unspecified atom stereocenters. The number of ether oxygens (including phenoxy) is 1. The Morgan fingerprint density at radius 3 is 2.50 bits per heavy atom. The Morgan fingerprint density at radius 2 is 1.92 bits per heavy atom. The number of nitrogens with zero attached hydrogens (tertiary/aromatic N) is 1. The molecule has 2 aromatic rings. The maximum atomic E-state index is 12.6. The summed E-state index contributed by atoms with van der Waals surface area (Å²) in [5.74, 6) is 1.85. The minimum absolute atomic E-state index is 0.219. The van der Waals surface area contributed by atoms with Gasteiger partial charge in [-0.1, -0.05) is 12.1 Å². The molecule has 1 saturated heterocycles. The summed E-state index contributed by atoms with van der Waals surface area (Å²) in [5, 5.41) is 2.00. The van der Waals surface area contributed by atoms with Gasteiger partial charge in [0, 0.05) is 13.1 Å². The Morgan fingerprint density at radius 1 is 1.21 bits per heavy atom. The molecule has 1 aromatic carbocycles. The van der Waals surface area contributed by atoms with Gasteiger partial charge in [0.2, 0.25) is 0 Å². The van der Waals surface area contributed by atoms with Crippen LogP contribution in [0.5, 0.6) is 5.75 Å². The van der Waals surface area contributed by atoms with Crippen molar-refractivity contribution in [3.63, 3.8) is 0 Å². The van der Waals surface area contributed by atoms with E-state index in [1.807, 2.05) is 35.4 Å². The monoisotopic (exact) mass is 343 g/mol. The van der Waals surface area contributed by atoms with Gasteiger partial charge in [0.25, 0.3) is 5.91 Å². The second-order valence-corrected chi connectivity index (χ2v) is 7.47. The van der Waals surface area contributed by atoms with Crippen molar-refractivity contribution >= 4 is 17.2 Å². The molecule has 0 spiro atoms. The van der Waals surface area contributed by atoms with E-state index in [9.17, 15) is 4.79 Å². The number of piperidine rings is 1. The fourth-order valence-electron chi connectivity index (χ4n) is 3.32. The molecule has 4 heteroatoms. The number of benzene rings is 1. The van der Waals surface area contributed by atoms with Crippen LogP contribution in [0.25, 0.3) is 0 Å². The number of hydrogen-bond donors (Lipinski definition) is 0. The molecule has 2 heterocycles. The van der Waals surface area contributed by atoms with Gasteiger partial charge in [0.15, 0.2) is 0 Å². The fourth-order valence-corrected chi connectivity index (χ4v) is 4.22. The van der Waals surface area contributed by atoms with Crippen LogP contribution in [0.15, 0.2) is 35.7 Å². The Bertz CT molecular complexity index is 669. The van der Waals surface area contributed by atoms with Crippen LogP contribution >= 0.6 is 11.3 Å². The van der Waals surface area contributed by atoms with E-state index in [1.54, 1.807) is 18.4 Å². The van der Waals surface area contributed by atoms with Crippen molar-refractivity contribution in [1.82, 2.24) is 4.90 Å². The largest absolute Gasteiger partial charge is 0.497 e. The quantitative estimate of drug-likeness (QED) is 0.797. The van der Waals surface area contributed by atoms with Crippen LogP contribution in [0.3, 0.4) is 0 Å². The maximum absolute atomic E-state index is 12.6. The van der Waals surface area contributed by atoms with Crippen LogP contribution in [0.1, 0.15) is 40.1 Å². The number of aryl methyl sites for hydroxylation is 2. The maximum Gasteiger partial charge on any atom is 0.264 e. The third-order valence-corrected chi connectivity index (χ3v) is 5.96. The minimum Gasteiger partial charge on any atom is -0.497 e. The number of hydrogen-bond acceptors (Lipinski definition) is 3. The zero-order chi connectivity index (χ0) is 16.9. The topological polar surface area (TPSA) is 29.5 Å². The Balaban J connectivity index is 1.46. The van der Waals surface area contributed by atoms with Crippen LogP contribution in [0.2, 0.25) is 0 Å². The Hall–Kier alpha value is -1.81. The van der Waals surface area contributed by atoms with Gasteiger partial charge < -0.3 is 9.64 Å². The highest BCUT2D eigenvalue weighted by Crippen LogP contribution is 2.26. The number of rotatable bonds is 5. The average molecular weight is 343 g/mol. The number of amides is 1. The number of methoxy groups -OCH3 is 1. The summed E-state index contributed by atoms with van der Waals surface area (Å²) in [4.78, 5) is 15.5. The Kier molecular flexibility index (Phi) is 5.56. The van der Waals surface area contributed by atoms with Gasteiger partial charge in [0.1, 0.15) is 5.75 Å². The van der Waals surface area contributed by atoms with Gasteiger partial charge >= 0.3 is 0 Å². The molecule has 1 aliphatic rings. The minimum atomic E-state index is 0.219. The molecule has 3 rings (SSSR count). The first-order valence-corrected chi connectivity index (χ1v) is 9.51. The average Bonchev–Trinajstić information content (AvgIpc) is 3.06. The molecule has 1 aromatic heterocycles. The lowest BCUT2D eigenvalue weighted by Crippen LogP contribution is -2.38. The van der Waals surface area contributed by atoms with Crippen LogP contribution < -0.4 is 4.74 Å². The SMILES string of the molecule is COc1ccc(CCC2CCN(C(=O)c3sccc3C)CC2)cc1. The molecule has 1 fully saturated rings. The molecular formula is C20H25NO2S. The summed E-state index contributed by atoms with van der Waals surface area (Å²) in [6.45, 7) is 3.80. The molecule has 3 nitrogen and oxygen atoms in total. The van der Waals surface area contributed by atoms with Crippen molar-refractivity contribution in [1.29, 1.82) is 0 Å². The predicted molar refractivity (Wildman–Crippen MR) is 99.0 cm³/mol. The molecule has 1 aliphatic heterocycles. The number of likely N-dealkylation sites (tertiary alicyclic amines) is 1. The fraction of sp³-hybridized carbons (Fsp3) is 0.450. The number of carbonyl (C=O) groups is 1. The van der Waals surface area contributed by atoms with Crippen LogP contribution in [0, 0.1) is 12.8 Å². The molecule has 1 amide bonds. The standard InChI is InChI=1S/C20H25NO2S/c1-15-11-14-24-19(15)20(22)21-12-9-17(10-13-21)4-3-16-5-7-18(23-2)8-6-16/h5-8,11,14,17H,3-4,9-10,12-13H2,1-2H3. The third kappa shape index (κ3) is 3.99. The second-order valence-electron chi connectivity index (χ2n) is 6.56. The molecule has 128 valence electrons. The lowest BCUT2D eigenvalue weighted by atomic mass is 9.90. The van der Waals surface area contributed by atoms with Gasteiger partial charge in [-0.05, 0) is 73.2 Å². The zero-order valence-corrected chi connectivity index (χ0v) is 15.3. The molecule has 0 saturated carbocycles. The van der Waals surface area contributed by atoms with Crippen molar-refractivity contribution in [3.05, 3.63) is 51.7 Å². The van der Waals surface area contributed by atoms with E-state index in [0.29, 0.717) is 0 Å². The summed E-state index contributed by atoms with van der Waals surface area (Å²) in [6.07, 6.45) is 4.54. The summed E-state index contributed by atoms with van der Waals surface area (Å²) in [7, 11) is 1.70. The smallest absolute Gasteiger partial charge is 0.264 e. The van der Waals surface area contributed by atoms with Crippen LogP contribution in [-0.4, -0.2) is 31.0 Å². The summed E-state index contributed by atoms with van der Waals surface area (Å²) < 4.78 is 5.20. The normalized spacial score (nSPS) is 15.5. The van der Waals surface area contributed by atoms with Crippen molar-refractivity contribution in [2.75, 3.05) is 20.2 Å². The van der Waals surface area contributed by atoms with E-state index < -0.39 is 0 Å². The zero-order valence-electron chi connectivity index (χ0n) is 14.5. The van der Waals surface area contributed by atoms with Gasteiger partial charge in [-0.2, -0.15) is 0 Å². The van der Waals surface area contributed by atoms with E-state index in [4.69, 9.17) is 4.74 Å². The van der Waals surface area contributed by atoms with Crippen LogP contribution in [0.4, 0.5) is 0 Å². The molecule has 24 heavy (non-hydrogen) atoms. The van der Waals surface area contributed by atoms with E-state index in [2.05, 4.69) is 12.1 Å². The number of carbonyl (C=O) groups excluding carboxylic acids is 1. The molecular weight excluding hydrogens is 318 g/mol. The highest BCUT2D eigenvalue weighted by atomic mass is 32.1. The Labute approximate surface area is 148 Å². The lowest BCUT2D eigenvalue weighted by molar-refractivity contribution is 0.0691. The highest BCUT2D eigenvalue weighted by Gasteiger charge is 2.24. The van der Waals surface area contributed by atoms with Gasteiger partial charge in [-0.25, -0.2) is 0 Å². The molecule has 0 bridgehead atoms. The van der Waals surface area contributed by atoms with Crippen molar-refractivity contribution in [2.24, 2.45) is 5.92 Å². The summed E-state index contributed by atoms with van der Waals surface area (Å²) in [6, 6.07) is 10.4. The van der Waals surface area contributed by atoms with Gasteiger partial charge in [-0.15, -0.1) is 11.3 Å². The van der Waals surface area contributed by atoms with E-state index >= 15 is 0 Å². The van der Waals surface area contributed by atoms with Crippen molar-refractivity contribution < 1.29 is 9.53 Å². The lowest BCUT2D eigenvalue weighted by Gasteiger charge is -2.32. The molecule has 0 atom stereocenters. The van der Waals surface area contributed by atoms with Crippen molar-refractivity contribution in [2.45, 2.75) is 32.6 Å². The first kappa shape index (κ1) is 17.0. The van der Waals surface area contributed by atoms with Crippen molar-refractivity contribution in [3.8, 4) is 5.75 Å². The highest BCUT2D eigenvalue weighted by molar-refractivity contribution is 7.12.